The Morgan fingerprint density at radius 2 is 1.14 bits per heavy atom. The second-order valence-electron chi connectivity index (χ2n) is 16.3. The number of piperidine rings is 2. The van der Waals surface area contributed by atoms with Gasteiger partial charge >= 0.3 is 12.2 Å². The Morgan fingerprint density at radius 3 is 1.67 bits per heavy atom. The van der Waals surface area contributed by atoms with Crippen molar-refractivity contribution in [3.05, 3.63) is 84.6 Å². The van der Waals surface area contributed by atoms with Crippen LogP contribution in [0.3, 0.4) is 0 Å². The van der Waals surface area contributed by atoms with Crippen LogP contribution in [-0.2, 0) is 19.1 Å². The van der Waals surface area contributed by atoms with Crippen molar-refractivity contribution in [2.75, 3.05) is 14.2 Å². The van der Waals surface area contributed by atoms with Crippen LogP contribution >= 0.6 is 0 Å². The maximum atomic E-state index is 13.6. The first-order valence-electron chi connectivity index (χ1n) is 20.2. The molecule has 0 aliphatic carbocycles. The molecular weight excluding hydrogens is 737 g/mol. The normalized spacial score (nSPS) is 26.7. The van der Waals surface area contributed by atoms with Gasteiger partial charge in [0.1, 0.15) is 23.7 Å². The van der Waals surface area contributed by atoms with Gasteiger partial charge in [0, 0.05) is 23.8 Å². The number of aromatic nitrogens is 4. The van der Waals surface area contributed by atoms with Gasteiger partial charge in [-0.15, -0.1) is 0 Å². The van der Waals surface area contributed by atoms with Gasteiger partial charge in [-0.1, -0.05) is 68.4 Å². The molecule has 14 nitrogen and oxygen atoms in total. The molecule has 300 valence electrons. The van der Waals surface area contributed by atoms with Gasteiger partial charge < -0.3 is 39.9 Å². The number of carbonyl (C=O) groups is 4. The third-order valence-electron chi connectivity index (χ3n) is 12.9. The number of H-pyrrole nitrogens is 2. The van der Waals surface area contributed by atoms with E-state index in [1.807, 2.05) is 35.9 Å². The van der Waals surface area contributed by atoms with Crippen molar-refractivity contribution in [3.8, 4) is 33.5 Å². The molecule has 6 heterocycles. The topological polar surface area (TPSA) is 175 Å². The molecule has 5 aromatic rings. The van der Waals surface area contributed by atoms with Crippen molar-refractivity contribution in [2.45, 2.75) is 88.6 Å². The first-order chi connectivity index (χ1) is 28.1. The third-order valence-corrected chi connectivity index (χ3v) is 12.9. The Balaban J connectivity index is 0.871. The second-order valence-corrected chi connectivity index (χ2v) is 16.3. The van der Waals surface area contributed by atoms with E-state index < -0.39 is 24.3 Å². The van der Waals surface area contributed by atoms with E-state index in [0.29, 0.717) is 0 Å². The van der Waals surface area contributed by atoms with Crippen LogP contribution in [-0.4, -0.2) is 92.1 Å². The number of nitrogens with zero attached hydrogens (tertiary/aromatic N) is 4. The fourth-order valence-electron chi connectivity index (χ4n) is 9.86. The molecule has 9 rings (SSSR count). The number of nitrogens with one attached hydrogen (secondary N) is 4. The van der Waals surface area contributed by atoms with Crippen LogP contribution in [0.5, 0.6) is 0 Å². The predicted octanol–water partition coefficient (Wildman–Crippen LogP) is 6.88. The number of hydrogen-bond donors (Lipinski definition) is 4. The van der Waals surface area contributed by atoms with E-state index in [-0.39, 0.29) is 47.8 Å². The van der Waals surface area contributed by atoms with Gasteiger partial charge in [0.25, 0.3) is 0 Å². The third kappa shape index (κ3) is 6.63. The molecule has 4 aliphatic rings. The van der Waals surface area contributed by atoms with E-state index in [2.05, 4.69) is 81.3 Å². The standard InChI is InChI=1S/C44H48N8O6/c1-23-19-30-14-17-35(51(30)41(53)37(23)49-43(55)57-3)39-45-22-34(48-39)28-11-9-26(10-12-28)25-5-7-27(8-6-25)29-13-16-32-33(21-29)47-40(46-32)36-18-15-31-20-24(2)38(42(54)52(31)36)50-44(56)58-4/h5-13,16,21-24,30-31,35-38H,14-15,17-20H2,1-4H3,(H,45,48)(H,46,47)(H,49,55)(H,50,56)/t23?,24-,30+,31+,35-,36-,37-,38?/m0/s1. The monoisotopic (exact) mass is 784 g/mol. The van der Waals surface area contributed by atoms with Gasteiger partial charge in [-0.2, -0.15) is 0 Å². The highest BCUT2D eigenvalue weighted by molar-refractivity contribution is 5.89. The molecule has 2 unspecified atom stereocenters. The van der Waals surface area contributed by atoms with Crippen LogP contribution in [0.2, 0.25) is 0 Å². The minimum absolute atomic E-state index is 0.0190. The molecule has 0 saturated carbocycles. The highest BCUT2D eigenvalue weighted by Gasteiger charge is 2.49. The number of amides is 4. The number of fused-ring (bicyclic) bond motifs is 3. The lowest BCUT2D eigenvalue weighted by Gasteiger charge is -2.41. The van der Waals surface area contributed by atoms with E-state index in [1.165, 1.54) is 14.2 Å². The maximum absolute atomic E-state index is 13.6. The number of imidazole rings is 2. The van der Waals surface area contributed by atoms with Gasteiger partial charge in [-0.3, -0.25) is 9.59 Å². The molecule has 4 saturated heterocycles. The first-order valence-corrected chi connectivity index (χ1v) is 20.2. The summed E-state index contributed by atoms with van der Waals surface area (Å²) < 4.78 is 9.57. The summed E-state index contributed by atoms with van der Waals surface area (Å²) in [5.74, 6) is 1.39. The number of rotatable bonds is 7. The lowest BCUT2D eigenvalue weighted by atomic mass is 9.88. The summed E-state index contributed by atoms with van der Waals surface area (Å²) in [5.41, 5.74) is 7.80. The first kappa shape index (κ1) is 37.4. The van der Waals surface area contributed by atoms with Gasteiger partial charge in [-0.05, 0) is 84.7 Å². The quantitative estimate of drug-likeness (QED) is 0.138. The van der Waals surface area contributed by atoms with Crippen LogP contribution in [0.25, 0.3) is 44.5 Å². The van der Waals surface area contributed by atoms with Crippen molar-refractivity contribution in [1.29, 1.82) is 0 Å². The van der Waals surface area contributed by atoms with Gasteiger partial charge in [-0.25, -0.2) is 19.6 Å². The Hall–Kier alpha value is -6.18. The van der Waals surface area contributed by atoms with Crippen LogP contribution in [0.15, 0.2) is 72.9 Å². The molecule has 14 heteroatoms. The van der Waals surface area contributed by atoms with E-state index in [4.69, 9.17) is 19.4 Å². The fourth-order valence-corrected chi connectivity index (χ4v) is 9.86. The maximum Gasteiger partial charge on any atom is 0.407 e. The summed E-state index contributed by atoms with van der Waals surface area (Å²) in [6.45, 7) is 4.00. The molecule has 4 amide bonds. The van der Waals surface area contributed by atoms with E-state index in [1.54, 1.807) is 0 Å². The van der Waals surface area contributed by atoms with Crippen LogP contribution in [0.4, 0.5) is 9.59 Å². The average molecular weight is 785 g/mol. The highest BCUT2D eigenvalue weighted by atomic mass is 16.5. The van der Waals surface area contributed by atoms with E-state index in [0.717, 1.165) is 94.7 Å². The molecule has 4 N–H and O–H groups in total. The summed E-state index contributed by atoms with van der Waals surface area (Å²) in [4.78, 5) is 71.8. The van der Waals surface area contributed by atoms with Crippen LogP contribution in [0.1, 0.15) is 76.1 Å². The SMILES string of the molecule is COC(=O)NC1C(=O)N2[C@H](CC[C@H]2c2nc3cc(-c4ccc(-c5ccc(-c6c[nH]c([C@@H]7CC[C@@H]8CC(C)[C@H](NC(=O)OC)C(=O)N87)n6)cc5)cc4)ccc3[nH]2)C[C@@H]1C. The molecule has 4 aliphatic heterocycles. The lowest BCUT2D eigenvalue weighted by Crippen LogP contribution is -2.58. The van der Waals surface area contributed by atoms with Crippen molar-refractivity contribution >= 4 is 35.0 Å². The minimum Gasteiger partial charge on any atom is -0.453 e. The van der Waals surface area contributed by atoms with Gasteiger partial charge in [0.05, 0.1) is 43.0 Å². The summed E-state index contributed by atoms with van der Waals surface area (Å²) in [7, 11) is 2.61. The number of methoxy groups -OCH3 is 2. The second kappa shape index (κ2) is 15.0. The summed E-state index contributed by atoms with van der Waals surface area (Å²) >= 11 is 0. The fraction of sp³-hybridized carbons (Fsp3) is 0.409. The Kier molecular flexibility index (Phi) is 9.65. The Morgan fingerprint density at radius 1 is 0.655 bits per heavy atom. The molecule has 2 aromatic heterocycles. The molecule has 3 aromatic carbocycles. The molecule has 8 atom stereocenters. The van der Waals surface area contributed by atoms with Crippen LogP contribution < -0.4 is 10.6 Å². The molecule has 0 radical (unpaired) electrons. The molecule has 0 spiro atoms. The molecule has 4 fully saturated rings. The van der Waals surface area contributed by atoms with Crippen LogP contribution in [0, 0.1) is 11.8 Å². The van der Waals surface area contributed by atoms with Crippen molar-refractivity contribution < 1.29 is 28.7 Å². The zero-order valence-electron chi connectivity index (χ0n) is 33.0. The highest BCUT2D eigenvalue weighted by Crippen LogP contribution is 2.44. The number of carbonyl (C=O) groups excluding carboxylic acids is 4. The van der Waals surface area contributed by atoms with E-state index in [9.17, 15) is 19.2 Å². The smallest absolute Gasteiger partial charge is 0.407 e. The molecular formula is C44H48N8O6. The Labute approximate surface area is 336 Å². The zero-order chi connectivity index (χ0) is 40.2. The number of aromatic amines is 2. The summed E-state index contributed by atoms with van der Waals surface area (Å²) in [6.07, 6.45) is 5.76. The number of alkyl carbamates (subject to hydrolysis) is 2. The molecule has 0 bridgehead atoms. The average Bonchev–Trinajstić information content (AvgIpc) is 4.06. The largest absolute Gasteiger partial charge is 0.453 e. The predicted molar refractivity (Wildman–Crippen MR) is 216 cm³/mol. The Bertz CT molecular complexity index is 2370. The number of hydrogen-bond acceptors (Lipinski definition) is 8. The number of ether oxygens (including phenoxy) is 2. The van der Waals surface area contributed by atoms with Gasteiger partial charge in [0.15, 0.2) is 0 Å². The summed E-state index contributed by atoms with van der Waals surface area (Å²) in [6, 6.07) is 21.6. The molecule has 58 heavy (non-hydrogen) atoms. The zero-order valence-corrected chi connectivity index (χ0v) is 33.0. The van der Waals surface area contributed by atoms with Gasteiger partial charge in [0.2, 0.25) is 11.8 Å². The van der Waals surface area contributed by atoms with Crippen molar-refractivity contribution in [2.24, 2.45) is 11.8 Å². The van der Waals surface area contributed by atoms with Crippen molar-refractivity contribution in [3.63, 3.8) is 0 Å². The number of benzene rings is 3. The van der Waals surface area contributed by atoms with E-state index >= 15 is 0 Å². The minimum atomic E-state index is -0.622. The lowest BCUT2D eigenvalue weighted by molar-refractivity contribution is -0.142. The van der Waals surface area contributed by atoms with Crippen molar-refractivity contribution in [1.82, 2.24) is 40.4 Å². The summed E-state index contributed by atoms with van der Waals surface area (Å²) in [5, 5.41) is 5.48.